The first-order valence-corrected chi connectivity index (χ1v) is 10.4. The third kappa shape index (κ3) is 4.13. The molecular weight excluding hydrogens is 390 g/mol. The molecule has 2 aromatic carbocycles. The lowest BCUT2D eigenvalue weighted by Crippen LogP contribution is -2.37. The van der Waals surface area contributed by atoms with Crippen LogP contribution in [0.1, 0.15) is 35.7 Å². The zero-order valence-corrected chi connectivity index (χ0v) is 16.9. The van der Waals surface area contributed by atoms with Gasteiger partial charge in [-0.1, -0.05) is 30.4 Å². The molecule has 0 aliphatic carbocycles. The highest BCUT2D eigenvalue weighted by molar-refractivity contribution is 7.22. The smallest absolute Gasteiger partial charge is 0.270 e. The number of amides is 1. The van der Waals surface area contributed by atoms with E-state index in [1.165, 1.54) is 35.1 Å². The molecule has 1 aliphatic heterocycles. The topological polar surface area (TPSA) is 85.6 Å². The largest absolute Gasteiger partial charge is 0.376 e. The molecule has 29 heavy (non-hydrogen) atoms. The van der Waals surface area contributed by atoms with Crippen LogP contribution in [0.3, 0.4) is 0 Å². The van der Waals surface area contributed by atoms with Crippen LogP contribution >= 0.6 is 11.3 Å². The highest BCUT2D eigenvalue weighted by Crippen LogP contribution is 2.32. The summed E-state index contributed by atoms with van der Waals surface area (Å²) >= 11 is 1.46. The van der Waals surface area contributed by atoms with E-state index < -0.39 is 4.92 Å². The van der Waals surface area contributed by atoms with E-state index in [-0.39, 0.29) is 23.3 Å². The van der Waals surface area contributed by atoms with Gasteiger partial charge < -0.3 is 4.74 Å². The second-order valence-electron chi connectivity index (χ2n) is 7.01. The van der Waals surface area contributed by atoms with Crippen LogP contribution in [-0.4, -0.2) is 35.1 Å². The molecule has 0 bridgehead atoms. The van der Waals surface area contributed by atoms with Gasteiger partial charge in [-0.2, -0.15) is 0 Å². The zero-order chi connectivity index (χ0) is 20.4. The number of aryl methyl sites for hydroxylation is 1. The van der Waals surface area contributed by atoms with E-state index in [4.69, 9.17) is 4.74 Å². The van der Waals surface area contributed by atoms with Crippen molar-refractivity contribution in [1.82, 2.24) is 4.98 Å². The minimum Gasteiger partial charge on any atom is -0.376 e. The number of ether oxygens (including phenoxy) is 1. The Labute approximate surface area is 172 Å². The Morgan fingerprint density at radius 3 is 2.93 bits per heavy atom. The first-order valence-electron chi connectivity index (χ1n) is 9.62. The summed E-state index contributed by atoms with van der Waals surface area (Å²) in [6.45, 7) is 3.16. The quantitative estimate of drug-likeness (QED) is 0.437. The summed E-state index contributed by atoms with van der Waals surface area (Å²) in [6.07, 6.45) is 2.71. The van der Waals surface area contributed by atoms with Gasteiger partial charge in [0, 0.05) is 24.3 Å². The Morgan fingerprint density at radius 1 is 1.34 bits per heavy atom. The average molecular weight is 411 g/mol. The lowest BCUT2D eigenvalue weighted by molar-refractivity contribution is -0.384. The van der Waals surface area contributed by atoms with Crippen LogP contribution in [-0.2, 0) is 11.2 Å². The number of anilines is 1. The van der Waals surface area contributed by atoms with Crippen molar-refractivity contribution >= 4 is 38.3 Å². The zero-order valence-electron chi connectivity index (χ0n) is 16.0. The predicted octanol–water partition coefficient (Wildman–Crippen LogP) is 4.59. The van der Waals surface area contributed by atoms with Gasteiger partial charge in [-0.05, 0) is 43.0 Å². The highest BCUT2D eigenvalue weighted by atomic mass is 32.1. The maximum absolute atomic E-state index is 13.3. The van der Waals surface area contributed by atoms with Gasteiger partial charge in [0.05, 0.1) is 27.8 Å². The van der Waals surface area contributed by atoms with Crippen molar-refractivity contribution in [3.05, 3.63) is 63.7 Å². The van der Waals surface area contributed by atoms with Crippen molar-refractivity contribution in [2.45, 2.75) is 32.3 Å². The van der Waals surface area contributed by atoms with Gasteiger partial charge in [0.15, 0.2) is 5.13 Å². The normalized spacial score (nSPS) is 16.2. The number of nitro groups is 1. The molecule has 1 fully saturated rings. The van der Waals surface area contributed by atoms with E-state index >= 15 is 0 Å². The lowest BCUT2D eigenvalue weighted by Gasteiger charge is -2.23. The van der Waals surface area contributed by atoms with Crippen molar-refractivity contribution in [2.24, 2.45) is 0 Å². The first-order chi connectivity index (χ1) is 14.0. The van der Waals surface area contributed by atoms with Crippen LogP contribution in [0, 0.1) is 10.1 Å². The van der Waals surface area contributed by atoms with Crippen LogP contribution in [0.25, 0.3) is 10.2 Å². The first kappa shape index (κ1) is 19.5. The van der Waals surface area contributed by atoms with E-state index in [2.05, 4.69) is 18.0 Å². The second kappa shape index (κ2) is 8.26. The van der Waals surface area contributed by atoms with Crippen molar-refractivity contribution in [1.29, 1.82) is 0 Å². The predicted molar refractivity (Wildman–Crippen MR) is 113 cm³/mol. The molecule has 1 saturated heterocycles. The molecule has 1 atom stereocenters. The molecule has 4 rings (SSSR count). The molecule has 150 valence electrons. The van der Waals surface area contributed by atoms with E-state index in [9.17, 15) is 14.9 Å². The standard InChI is InChI=1S/C21H21N3O4S/c1-2-14-8-9-18-19(11-14)29-21(22-18)23(13-17-7-4-10-28-17)20(25)15-5-3-6-16(12-15)24(26)27/h3,5-6,8-9,11-12,17H,2,4,7,10,13H2,1H3. The molecule has 1 aromatic heterocycles. The number of thiazole rings is 1. The summed E-state index contributed by atoms with van der Waals surface area (Å²) in [5.74, 6) is -0.307. The Morgan fingerprint density at radius 2 is 2.21 bits per heavy atom. The second-order valence-corrected chi connectivity index (χ2v) is 8.02. The molecule has 0 radical (unpaired) electrons. The molecule has 0 saturated carbocycles. The Hall–Kier alpha value is -2.84. The van der Waals surface area contributed by atoms with Crippen LogP contribution in [0.5, 0.6) is 0 Å². The van der Waals surface area contributed by atoms with Crippen molar-refractivity contribution in [3.8, 4) is 0 Å². The molecule has 8 heteroatoms. The molecule has 1 amide bonds. The molecule has 2 heterocycles. The Kier molecular flexibility index (Phi) is 5.55. The maximum Gasteiger partial charge on any atom is 0.270 e. The summed E-state index contributed by atoms with van der Waals surface area (Å²) in [7, 11) is 0. The number of hydrogen-bond acceptors (Lipinski definition) is 6. The van der Waals surface area contributed by atoms with Crippen LogP contribution in [0.15, 0.2) is 42.5 Å². The monoisotopic (exact) mass is 411 g/mol. The minimum atomic E-state index is -0.495. The lowest BCUT2D eigenvalue weighted by atomic mass is 10.1. The number of rotatable bonds is 6. The van der Waals surface area contributed by atoms with Crippen molar-refractivity contribution in [2.75, 3.05) is 18.1 Å². The summed E-state index contributed by atoms with van der Waals surface area (Å²) in [5, 5.41) is 11.7. The molecule has 0 spiro atoms. The number of carbonyl (C=O) groups excluding carboxylic acids is 1. The Bertz CT molecular complexity index is 1060. The maximum atomic E-state index is 13.3. The minimum absolute atomic E-state index is 0.0594. The fourth-order valence-electron chi connectivity index (χ4n) is 3.44. The van der Waals surface area contributed by atoms with Crippen molar-refractivity contribution in [3.63, 3.8) is 0 Å². The number of hydrogen-bond donors (Lipinski definition) is 0. The Balaban J connectivity index is 1.72. The van der Waals surface area contributed by atoms with E-state index in [0.29, 0.717) is 18.3 Å². The van der Waals surface area contributed by atoms with Gasteiger partial charge in [-0.25, -0.2) is 4.98 Å². The van der Waals surface area contributed by atoms with E-state index in [1.54, 1.807) is 11.0 Å². The summed E-state index contributed by atoms with van der Waals surface area (Å²) in [6, 6.07) is 11.9. The number of nitrogens with zero attached hydrogens (tertiary/aromatic N) is 3. The van der Waals surface area contributed by atoms with Crippen LogP contribution in [0.4, 0.5) is 10.8 Å². The van der Waals surface area contributed by atoms with Crippen molar-refractivity contribution < 1.29 is 14.5 Å². The molecule has 3 aromatic rings. The SMILES string of the molecule is CCc1ccc2nc(N(CC3CCCO3)C(=O)c3cccc([N+](=O)[O-])c3)sc2c1. The van der Waals surface area contributed by atoms with Gasteiger partial charge in [-0.3, -0.25) is 19.8 Å². The fourth-order valence-corrected chi connectivity index (χ4v) is 4.48. The number of carbonyl (C=O) groups is 1. The van der Waals surface area contributed by atoms with E-state index in [0.717, 1.165) is 29.5 Å². The highest BCUT2D eigenvalue weighted by Gasteiger charge is 2.27. The molecule has 7 nitrogen and oxygen atoms in total. The van der Waals surface area contributed by atoms with Gasteiger partial charge in [0.1, 0.15) is 0 Å². The fraction of sp³-hybridized carbons (Fsp3) is 0.333. The molecule has 1 unspecified atom stereocenters. The van der Waals surface area contributed by atoms with E-state index in [1.807, 2.05) is 12.1 Å². The average Bonchev–Trinajstić information content (AvgIpc) is 3.40. The van der Waals surface area contributed by atoms with Gasteiger partial charge >= 0.3 is 0 Å². The number of nitro benzene ring substituents is 1. The molecular formula is C21H21N3O4S. The number of non-ortho nitro benzene ring substituents is 1. The summed E-state index contributed by atoms with van der Waals surface area (Å²) in [4.78, 5) is 30.2. The van der Waals surface area contributed by atoms with Gasteiger partial charge in [0.2, 0.25) is 0 Å². The number of aromatic nitrogens is 1. The number of fused-ring (bicyclic) bond motifs is 1. The van der Waals surface area contributed by atoms with Gasteiger partial charge in [-0.15, -0.1) is 0 Å². The van der Waals surface area contributed by atoms with Gasteiger partial charge in [0.25, 0.3) is 11.6 Å². The van der Waals surface area contributed by atoms with Crippen LogP contribution < -0.4 is 4.90 Å². The molecule has 1 aliphatic rings. The van der Waals surface area contributed by atoms with Crippen LogP contribution in [0.2, 0.25) is 0 Å². The summed E-state index contributed by atoms with van der Waals surface area (Å²) < 4.78 is 6.76. The third-order valence-electron chi connectivity index (χ3n) is 5.04. The molecule has 0 N–H and O–H groups in total. The third-order valence-corrected chi connectivity index (χ3v) is 6.08. The summed E-state index contributed by atoms with van der Waals surface area (Å²) in [5.41, 5.74) is 2.21. The number of benzene rings is 2.